The van der Waals surface area contributed by atoms with Crippen molar-refractivity contribution < 1.29 is 4.79 Å². The maximum atomic E-state index is 12.4. The van der Waals surface area contributed by atoms with Crippen LogP contribution in [0.25, 0.3) is 0 Å². The lowest BCUT2D eigenvalue weighted by Crippen LogP contribution is -2.35. The molecule has 136 valence electrons. The third-order valence-corrected chi connectivity index (χ3v) is 5.05. The van der Waals surface area contributed by atoms with Gasteiger partial charge in [0.2, 0.25) is 0 Å². The number of benzene rings is 2. The molecule has 1 fully saturated rings. The number of hydrogen-bond acceptors (Lipinski definition) is 3. The van der Waals surface area contributed by atoms with Crippen LogP contribution in [0.3, 0.4) is 0 Å². The number of aryl methyl sites for hydroxylation is 2. The Morgan fingerprint density at radius 3 is 2.46 bits per heavy atom. The maximum absolute atomic E-state index is 12.4. The lowest BCUT2D eigenvalue weighted by Gasteiger charge is -2.30. The van der Waals surface area contributed by atoms with Gasteiger partial charge in [0.25, 0.3) is 5.91 Å². The summed E-state index contributed by atoms with van der Waals surface area (Å²) < 4.78 is 0. The van der Waals surface area contributed by atoms with E-state index in [1.54, 1.807) is 0 Å². The topological polar surface area (TPSA) is 44.4 Å². The van der Waals surface area contributed by atoms with Crippen molar-refractivity contribution in [2.24, 2.45) is 0 Å². The number of para-hydroxylation sites is 2. The molecule has 2 aromatic carbocycles. The van der Waals surface area contributed by atoms with Crippen molar-refractivity contribution in [1.82, 2.24) is 5.32 Å². The van der Waals surface area contributed by atoms with E-state index in [4.69, 9.17) is 12.2 Å². The monoisotopic (exact) mass is 367 g/mol. The van der Waals surface area contributed by atoms with Gasteiger partial charge in [0.15, 0.2) is 5.11 Å². The number of rotatable bonds is 3. The first-order valence-electron chi connectivity index (χ1n) is 9.08. The highest BCUT2D eigenvalue weighted by molar-refractivity contribution is 7.80. The Hall–Kier alpha value is -2.40. The van der Waals surface area contributed by atoms with Crippen LogP contribution in [0.2, 0.25) is 0 Å². The maximum Gasteiger partial charge on any atom is 0.257 e. The first-order chi connectivity index (χ1) is 12.5. The van der Waals surface area contributed by atoms with E-state index in [0.29, 0.717) is 10.7 Å². The molecule has 3 rings (SSSR count). The fourth-order valence-corrected chi connectivity index (χ4v) is 3.40. The van der Waals surface area contributed by atoms with Crippen molar-refractivity contribution in [2.75, 3.05) is 23.3 Å². The van der Waals surface area contributed by atoms with Gasteiger partial charge in [0, 0.05) is 18.7 Å². The normalized spacial score (nSPS) is 14.0. The third-order valence-electron chi connectivity index (χ3n) is 4.85. The molecule has 1 amide bonds. The highest BCUT2D eigenvalue weighted by Crippen LogP contribution is 2.28. The highest BCUT2D eigenvalue weighted by atomic mass is 32.1. The molecule has 1 aliphatic rings. The number of thiocarbonyl (C=S) groups is 1. The van der Waals surface area contributed by atoms with E-state index in [1.807, 2.05) is 50.2 Å². The van der Waals surface area contributed by atoms with Crippen molar-refractivity contribution in [3.05, 3.63) is 59.2 Å². The molecule has 1 heterocycles. The molecule has 26 heavy (non-hydrogen) atoms. The number of piperidine rings is 1. The fourth-order valence-electron chi connectivity index (χ4n) is 3.20. The van der Waals surface area contributed by atoms with E-state index in [-0.39, 0.29) is 5.91 Å². The molecule has 5 heteroatoms. The summed E-state index contributed by atoms with van der Waals surface area (Å²) in [7, 11) is 0. The predicted octanol–water partition coefficient (Wildman–Crippen LogP) is 4.42. The summed E-state index contributed by atoms with van der Waals surface area (Å²) in [6.07, 6.45) is 3.71. The molecule has 0 unspecified atom stereocenters. The summed E-state index contributed by atoms with van der Waals surface area (Å²) in [4.78, 5) is 14.8. The summed E-state index contributed by atoms with van der Waals surface area (Å²) in [5.74, 6) is -0.193. The lowest BCUT2D eigenvalue weighted by molar-refractivity contribution is 0.0977. The van der Waals surface area contributed by atoms with Crippen LogP contribution in [0.4, 0.5) is 11.4 Å². The fraction of sp³-hybridized carbons (Fsp3) is 0.333. The Balaban J connectivity index is 1.68. The lowest BCUT2D eigenvalue weighted by atomic mass is 10.1. The van der Waals surface area contributed by atoms with Gasteiger partial charge in [0.05, 0.1) is 11.4 Å². The van der Waals surface area contributed by atoms with Crippen molar-refractivity contribution in [2.45, 2.75) is 33.1 Å². The second kappa shape index (κ2) is 8.32. The average molecular weight is 368 g/mol. The first kappa shape index (κ1) is 18.4. The summed E-state index contributed by atoms with van der Waals surface area (Å²) >= 11 is 5.37. The second-order valence-corrected chi connectivity index (χ2v) is 7.18. The third kappa shape index (κ3) is 4.41. The van der Waals surface area contributed by atoms with E-state index >= 15 is 0 Å². The molecule has 1 aliphatic heterocycles. The Morgan fingerprint density at radius 2 is 1.73 bits per heavy atom. The molecule has 4 nitrogen and oxygen atoms in total. The van der Waals surface area contributed by atoms with Gasteiger partial charge in [-0.3, -0.25) is 10.1 Å². The van der Waals surface area contributed by atoms with Crippen LogP contribution in [-0.4, -0.2) is 24.1 Å². The van der Waals surface area contributed by atoms with E-state index < -0.39 is 0 Å². The van der Waals surface area contributed by atoms with Crippen LogP contribution >= 0.6 is 12.2 Å². The van der Waals surface area contributed by atoms with E-state index in [9.17, 15) is 4.79 Å². The number of carbonyl (C=O) groups is 1. The number of nitrogens with one attached hydrogen (secondary N) is 2. The molecule has 0 aliphatic carbocycles. The summed E-state index contributed by atoms with van der Waals surface area (Å²) in [6.45, 7) is 6.14. The van der Waals surface area contributed by atoms with Crippen LogP contribution in [0.15, 0.2) is 42.5 Å². The molecule has 0 aromatic heterocycles. The summed E-state index contributed by atoms with van der Waals surface area (Å²) in [6, 6.07) is 13.8. The van der Waals surface area contributed by atoms with Gasteiger partial charge >= 0.3 is 0 Å². The van der Waals surface area contributed by atoms with Gasteiger partial charge in [0.1, 0.15) is 0 Å². The summed E-state index contributed by atoms with van der Waals surface area (Å²) in [5, 5.41) is 6.29. The van der Waals surface area contributed by atoms with Crippen molar-refractivity contribution >= 4 is 34.6 Å². The Bertz CT molecular complexity index is 813. The van der Waals surface area contributed by atoms with Gasteiger partial charge in [-0.1, -0.05) is 18.2 Å². The number of nitrogens with zero attached hydrogens (tertiary/aromatic N) is 1. The molecule has 0 bridgehead atoms. The van der Waals surface area contributed by atoms with Crippen LogP contribution in [-0.2, 0) is 0 Å². The van der Waals surface area contributed by atoms with Crippen LogP contribution < -0.4 is 15.5 Å². The molecular weight excluding hydrogens is 342 g/mol. The van der Waals surface area contributed by atoms with Gasteiger partial charge in [-0.25, -0.2) is 0 Å². The molecular formula is C21H25N3OS. The Kier molecular flexibility index (Phi) is 5.89. The van der Waals surface area contributed by atoms with Crippen LogP contribution in [0.1, 0.15) is 40.7 Å². The number of hydrogen-bond donors (Lipinski definition) is 2. The number of anilines is 2. The minimum absolute atomic E-state index is 0.193. The second-order valence-electron chi connectivity index (χ2n) is 6.77. The Labute approximate surface area is 160 Å². The standard InChI is InChI=1S/C21H25N3OS/c1-15-10-11-17(14-16(15)2)20(25)23-21(26)22-18-8-4-5-9-19(18)24-12-6-3-7-13-24/h4-5,8-11,14H,3,6-7,12-13H2,1-2H3,(H2,22,23,25,26). The quantitative estimate of drug-likeness (QED) is 0.788. The minimum Gasteiger partial charge on any atom is -0.370 e. The molecule has 1 saturated heterocycles. The SMILES string of the molecule is Cc1ccc(C(=O)NC(=S)Nc2ccccc2N2CCCCC2)cc1C. The smallest absolute Gasteiger partial charge is 0.257 e. The van der Waals surface area contributed by atoms with Crippen molar-refractivity contribution in [3.8, 4) is 0 Å². The highest BCUT2D eigenvalue weighted by Gasteiger charge is 2.15. The zero-order valence-corrected chi connectivity index (χ0v) is 16.2. The molecule has 0 radical (unpaired) electrons. The van der Waals surface area contributed by atoms with Gasteiger partial charge < -0.3 is 10.2 Å². The number of carbonyl (C=O) groups excluding carboxylic acids is 1. The molecule has 0 atom stereocenters. The molecule has 0 spiro atoms. The first-order valence-corrected chi connectivity index (χ1v) is 9.49. The average Bonchev–Trinajstić information content (AvgIpc) is 2.65. The van der Waals surface area contributed by atoms with Gasteiger partial charge in [-0.05, 0) is 80.7 Å². The largest absolute Gasteiger partial charge is 0.370 e. The number of amides is 1. The molecule has 2 N–H and O–H groups in total. The molecule has 0 saturated carbocycles. The van der Waals surface area contributed by atoms with E-state index in [0.717, 1.165) is 35.6 Å². The van der Waals surface area contributed by atoms with E-state index in [2.05, 4.69) is 21.6 Å². The van der Waals surface area contributed by atoms with Crippen molar-refractivity contribution in [1.29, 1.82) is 0 Å². The van der Waals surface area contributed by atoms with Crippen LogP contribution in [0.5, 0.6) is 0 Å². The predicted molar refractivity (Wildman–Crippen MR) is 112 cm³/mol. The van der Waals surface area contributed by atoms with Gasteiger partial charge in [-0.2, -0.15) is 0 Å². The van der Waals surface area contributed by atoms with E-state index in [1.165, 1.54) is 19.3 Å². The summed E-state index contributed by atoms with van der Waals surface area (Å²) in [5.41, 5.74) is 4.93. The molecule has 2 aromatic rings. The Morgan fingerprint density at radius 1 is 1.00 bits per heavy atom. The van der Waals surface area contributed by atoms with Crippen LogP contribution in [0, 0.1) is 13.8 Å². The van der Waals surface area contributed by atoms with Gasteiger partial charge in [-0.15, -0.1) is 0 Å². The zero-order chi connectivity index (χ0) is 18.5. The van der Waals surface area contributed by atoms with Crippen molar-refractivity contribution in [3.63, 3.8) is 0 Å². The zero-order valence-electron chi connectivity index (χ0n) is 15.3. The minimum atomic E-state index is -0.193.